The fourth-order valence-electron chi connectivity index (χ4n) is 2.18. The van der Waals surface area contributed by atoms with E-state index in [0.717, 1.165) is 16.3 Å². The van der Waals surface area contributed by atoms with Crippen LogP contribution in [0.4, 0.5) is 11.8 Å². The Hall–Kier alpha value is -2.38. The highest BCUT2D eigenvalue weighted by Gasteiger charge is 2.13. The lowest BCUT2D eigenvalue weighted by molar-refractivity contribution is 0.298. The Morgan fingerprint density at radius 2 is 1.88 bits per heavy atom. The average molecular weight is 362 g/mol. The van der Waals surface area contributed by atoms with Gasteiger partial charge in [0.25, 0.3) is 0 Å². The van der Waals surface area contributed by atoms with Crippen LogP contribution in [0.1, 0.15) is 18.3 Å². The van der Waals surface area contributed by atoms with Crippen molar-refractivity contribution >= 4 is 34.7 Å². The summed E-state index contributed by atoms with van der Waals surface area (Å²) in [6.07, 6.45) is 0.652. The maximum Gasteiger partial charge on any atom is 0.222 e. The van der Waals surface area contributed by atoms with Crippen molar-refractivity contribution < 1.29 is 4.74 Å². The van der Waals surface area contributed by atoms with Gasteiger partial charge in [0.1, 0.15) is 11.6 Å². The first-order valence-corrected chi connectivity index (χ1v) is 8.57. The van der Waals surface area contributed by atoms with Crippen LogP contribution in [-0.2, 0) is 13.0 Å². The average Bonchev–Trinajstić information content (AvgIpc) is 3.03. The maximum atomic E-state index is 5.91. The summed E-state index contributed by atoms with van der Waals surface area (Å²) in [5.74, 6) is 0.857. The number of hydrogen-bond acceptors (Lipinski definition) is 7. The lowest BCUT2D eigenvalue weighted by Gasteiger charge is -2.11. The van der Waals surface area contributed by atoms with Gasteiger partial charge in [-0.2, -0.15) is 4.98 Å². The van der Waals surface area contributed by atoms with E-state index < -0.39 is 0 Å². The third-order valence-electron chi connectivity index (χ3n) is 3.32. The minimum atomic E-state index is 0.149. The summed E-state index contributed by atoms with van der Waals surface area (Å²) in [5.41, 5.74) is 14.0. The summed E-state index contributed by atoms with van der Waals surface area (Å²) < 4.78 is 5.79. The van der Waals surface area contributed by atoms with Crippen LogP contribution in [0.5, 0.6) is 5.75 Å². The van der Waals surface area contributed by atoms with Crippen LogP contribution in [0.25, 0.3) is 10.6 Å². The van der Waals surface area contributed by atoms with E-state index in [2.05, 4.69) is 15.0 Å². The van der Waals surface area contributed by atoms with Crippen molar-refractivity contribution in [3.63, 3.8) is 0 Å². The third-order valence-corrected chi connectivity index (χ3v) is 4.51. The summed E-state index contributed by atoms with van der Waals surface area (Å²) in [5, 5.41) is 3.55. The number of anilines is 2. The highest BCUT2D eigenvalue weighted by molar-refractivity contribution is 7.13. The largest absolute Gasteiger partial charge is 0.481 e. The Kier molecular flexibility index (Phi) is 4.82. The molecule has 0 radical (unpaired) electrons. The maximum absolute atomic E-state index is 5.91. The molecule has 0 spiro atoms. The highest BCUT2D eigenvalue weighted by atomic mass is 35.5. The normalized spacial score (nSPS) is 10.8. The molecule has 3 rings (SSSR count). The van der Waals surface area contributed by atoms with Crippen LogP contribution in [0.2, 0.25) is 5.02 Å². The zero-order valence-electron chi connectivity index (χ0n) is 13.0. The Balaban J connectivity index is 1.75. The minimum absolute atomic E-state index is 0.149. The van der Waals surface area contributed by atoms with E-state index in [0.29, 0.717) is 22.9 Å². The van der Waals surface area contributed by atoms with Gasteiger partial charge in [0.05, 0.1) is 11.4 Å². The SMILES string of the molecule is CCc1nc(N)nc(N)c1OCc1csc(-c2ccc(Cl)cc2)n1. The zero-order chi connectivity index (χ0) is 17.1. The fraction of sp³-hybridized carbons (Fsp3) is 0.188. The second kappa shape index (κ2) is 7.02. The van der Waals surface area contributed by atoms with Gasteiger partial charge < -0.3 is 16.2 Å². The van der Waals surface area contributed by atoms with Gasteiger partial charge in [-0.15, -0.1) is 11.3 Å². The van der Waals surface area contributed by atoms with Crippen molar-refractivity contribution in [3.8, 4) is 16.3 Å². The molecule has 6 nitrogen and oxygen atoms in total. The predicted octanol–water partition coefficient (Wildman–Crippen LogP) is 3.56. The third kappa shape index (κ3) is 3.58. The number of rotatable bonds is 5. The number of aryl methyl sites for hydroxylation is 1. The number of benzene rings is 1. The number of thiazole rings is 1. The van der Waals surface area contributed by atoms with Gasteiger partial charge in [-0.05, 0) is 18.6 Å². The molecule has 0 unspecified atom stereocenters. The zero-order valence-corrected chi connectivity index (χ0v) is 14.6. The molecule has 0 aliphatic heterocycles. The van der Waals surface area contributed by atoms with Gasteiger partial charge in [-0.25, -0.2) is 9.97 Å². The highest BCUT2D eigenvalue weighted by Crippen LogP contribution is 2.28. The molecule has 0 atom stereocenters. The van der Waals surface area contributed by atoms with Crippen molar-refractivity contribution in [1.29, 1.82) is 0 Å². The van der Waals surface area contributed by atoms with E-state index in [1.807, 2.05) is 36.6 Å². The summed E-state index contributed by atoms with van der Waals surface area (Å²) in [7, 11) is 0. The number of halogens is 1. The predicted molar refractivity (Wildman–Crippen MR) is 97.1 cm³/mol. The van der Waals surface area contributed by atoms with Gasteiger partial charge in [0.15, 0.2) is 11.6 Å². The van der Waals surface area contributed by atoms with Gasteiger partial charge in [0, 0.05) is 16.0 Å². The van der Waals surface area contributed by atoms with Crippen LogP contribution < -0.4 is 16.2 Å². The topological polar surface area (TPSA) is 99.9 Å². The lowest BCUT2D eigenvalue weighted by Crippen LogP contribution is -2.08. The molecule has 124 valence electrons. The van der Waals surface area contributed by atoms with Crippen LogP contribution in [0, 0.1) is 0 Å². The quantitative estimate of drug-likeness (QED) is 0.720. The second-order valence-electron chi connectivity index (χ2n) is 5.04. The molecular weight excluding hydrogens is 346 g/mol. The summed E-state index contributed by atoms with van der Waals surface area (Å²) in [6.45, 7) is 2.24. The number of aromatic nitrogens is 3. The van der Waals surface area contributed by atoms with E-state index >= 15 is 0 Å². The molecule has 0 saturated heterocycles. The lowest BCUT2D eigenvalue weighted by atomic mass is 10.2. The van der Waals surface area contributed by atoms with Gasteiger partial charge in [-0.3, -0.25) is 0 Å². The van der Waals surface area contributed by atoms with Crippen molar-refractivity contribution in [1.82, 2.24) is 15.0 Å². The summed E-state index contributed by atoms with van der Waals surface area (Å²) in [6, 6.07) is 7.56. The van der Waals surface area contributed by atoms with Crippen molar-refractivity contribution in [3.05, 3.63) is 46.1 Å². The van der Waals surface area contributed by atoms with E-state index in [1.165, 1.54) is 0 Å². The Labute approximate surface area is 148 Å². The molecule has 0 aliphatic rings. The van der Waals surface area contributed by atoms with Crippen LogP contribution >= 0.6 is 22.9 Å². The summed E-state index contributed by atoms with van der Waals surface area (Å²) >= 11 is 7.45. The van der Waals surface area contributed by atoms with Gasteiger partial charge in [-0.1, -0.05) is 30.7 Å². The first-order chi connectivity index (χ1) is 11.6. The number of nitrogen functional groups attached to an aromatic ring is 2. The molecule has 2 heterocycles. The smallest absolute Gasteiger partial charge is 0.222 e. The molecule has 2 aromatic heterocycles. The van der Waals surface area contributed by atoms with Gasteiger partial charge >= 0.3 is 0 Å². The number of ether oxygens (including phenoxy) is 1. The molecule has 4 N–H and O–H groups in total. The number of nitrogens with two attached hydrogens (primary N) is 2. The first kappa shape index (κ1) is 16.5. The van der Waals surface area contributed by atoms with E-state index in [-0.39, 0.29) is 18.4 Å². The molecule has 3 aromatic rings. The van der Waals surface area contributed by atoms with Gasteiger partial charge in [0.2, 0.25) is 5.95 Å². The monoisotopic (exact) mass is 361 g/mol. The van der Waals surface area contributed by atoms with Crippen molar-refractivity contribution in [2.45, 2.75) is 20.0 Å². The molecule has 0 fully saturated rings. The Morgan fingerprint density at radius 3 is 2.58 bits per heavy atom. The molecule has 0 bridgehead atoms. The molecular formula is C16H16ClN5OS. The minimum Gasteiger partial charge on any atom is -0.481 e. The first-order valence-electron chi connectivity index (χ1n) is 7.31. The standard InChI is InChI=1S/C16H16ClN5OS/c1-2-12-13(14(18)22-16(19)21-12)23-7-11-8-24-15(20-11)9-3-5-10(17)6-4-9/h3-6,8H,2,7H2,1H3,(H4,18,19,21,22). The number of hydrogen-bond donors (Lipinski definition) is 2. The van der Waals surface area contributed by atoms with Crippen LogP contribution in [-0.4, -0.2) is 15.0 Å². The summed E-state index contributed by atoms with van der Waals surface area (Å²) in [4.78, 5) is 12.7. The molecule has 0 aliphatic carbocycles. The van der Waals surface area contributed by atoms with E-state index in [9.17, 15) is 0 Å². The van der Waals surface area contributed by atoms with Crippen LogP contribution in [0.15, 0.2) is 29.6 Å². The Bertz CT molecular complexity index is 850. The second-order valence-corrected chi connectivity index (χ2v) is 6.33. The molecule has 0 amide bonds. The van der Waals surface area contributed by atoms with Crippen molar-refractivity contribution in [2.75, 3.05) is 11.5 Å². The van der Waals surface area contributed by atoms with E-state index in [4.69, 9.17) is 27.8 Å². The molecule has 24 heavy (non-hydrogen) atoms. The van der Waals surface area contributed by atoms with E-state index in [1.54, 1.807) is 11.3 Å². The number of nitrogens with zero attached hydrogens (tertiary/aromatic N) is 3. The molecule has 8 heteroatoms. The fourth-order valence-corrected chi connectivity index (χ4v) is 3.11. The van der Waals surface area contributed by atoms with Crippen LogP contribution in [0.3, 0.4) is 0 Å². The van der Waals surface area contributed by atoms with Crippen molar-refractivity contribution in [2.24, 2.45) is 0 Å². The Morgan fingerprint density at radius 1 is 1.12 bits per heavy atom. The molecule has 1 aromatic carbocycles. The molecule has 0 saturated carbocycles.